The Balaban J connectivity index is 1.66. The first-order chi connectivity index (χ1) is 14.6. The molecule has 11 heteroatoms. The summed E-state index contributed by atoms with van der Waals surface area (Å²) in [7, 11) is -3.92. The van der Waals surface area contributed by atoms with Gasteiger partial charge in [-0.3, -0.25) is 10.1 Å². The number of nitrogens with one attached hydrogen (secondary N) is 3. The first kappa shape index (κ1) is 22.2. The van der Waals surface area contributed by atoms with Gasteiger partial charge < -0.3 is 5.32 Å². The van der Waals surface area contributed by atoms with Crippen LogP contribution in [0, 0.1) is 13.8 Å². The number of benzene rings is 2. The van der Waals surface area contributed by atoms with E-state index in [1.165, 1.54) is 36.4 Å². The topological polar surface area (TPSA) is 130 Å². The Morgan fingerprint density at radius 1 is 0.935 bits per heavy atom. The summed E-state index contributed by atoms with van der Waals surface area (Å²) >= 11 is 5.93. The zero-order valence-electron chi connectivity index (χ0n) is 16.5. The highest BCUT2D eigenvalue weighted by Gasteiger charge is 2.17. The van der Waals surface area contributed by atoms with Crippen LogP contribution in [0.2, 0.25) is 5.02 Å². The number of rotatable bonds is 5. The summed E-state index contributed by atoms with van der Waals surface area (Å²) in [5, 5.41) is 4.82. The van der Waals surface area contributed by atoms with Crippen molar-refractivity contribution in [1.29, 1.82) is 0 Å². The molecule has 0 saturated heterocycles. The van der Waals surface area contributed by atoms with Gasteiger partial charge in [-0.25, -0.2) is 27.9 Å². The van der Waals surface area contributed by atoms with E-state index in [1.54, 1.807) is 32.0 Å². The molecular weight excluding hydrogens is 442 g/mol. The predicted octanol–water partition coefficient (Wildman–Crippen LogP) is 3.51. The summed E-state index contributed by atoms with van der Waals surface area (Å²) < 4.78 is 27.4. The Labute approximate surface area is 183 Å². The van der Waals surface area contributed by atoms with Gasteiger partial charge in [-0.1, -0.05) is 23.7 Å². The second-order valence-corrected chi connectivity index (χ2v) is 8.58. The maximum atomic E-state index is 12.5. The SMILES string of the molecule is Cc1cc(C)nc(NS(=O)(=O)c2ccc(NC(=O)NC(=O)c3ccccc3Cl)cc2)n1. The van der Waals surface area contributed by atoms with Crippen LogP contribution in [0.15, 0.2) is 59.5 Å². The largest absolute Gasteiger partial charge is 0.326 e. The molecule has 0 aliphatic carbocycles. The lowest BCUT2D eigenvalue weighted by molar-refractivity contribution is 0.0967. The van der Waals surface area contributed by atoms with Crippen LogP contribution in [-0.4, -0.2) is 30.3 Å². The van der Waals surface area contributed by atoms with Gasteiger partial charge in [0, 0.05) is 17.1 Å². The molecular formula is C20H18ClN5O4S. The number of sulfonamides is 1. The van der Waals surface area contributed by atoms with Crippen molar-refractivity contribution in [3.63, 3.8) is 0 Å². The molecule has 160 valence electrons. The standard InChI is InChI=1S/C20H18ClN5O4S/c1-12-11-13(2)23-19(22-12)26-31(29,30)15-9-7-14(8-10-15)24-20(28)25-18(27)16-5-3-4-6-17(16)21/h3-11H,1-2H3,(H,22,23,26)(H2,24,25,27,28). The third-order valence-electron chi connectivity index (χ3n) is 3.98. The van der Waals surface area contributed by atoms with E-state index in [4.69, 9.17) is 11.6 Å². The average Bonchev–Trinajstić information content (AvgIpc) is 2.67. The number of urea groups is 1. The zero-order valence-corrected chi connectivity index (χ0v) is 18.1. The quantitative estimate of drug-likeness (QED) is 0.535. The summed E-state index contributed by atoms with van der Waals surface area (Å²) in [5.74, 6) is -0.697. The van der Waals surface area contributed by atoms with Crippen molar-refractivity contribution < 1.29 is 18.0 Å². The van der Waals surface area contributed by atoms with Gasteiger partial charge in [0.1, 0.15) is 0 Å². The first-order valence-corrected chi connectivity index (χ1v) is 10.8. The molecule has 3 N–H and O–H groups in total. The smallest absolute Gasteiger partial charge is 0.308 e. The number of carbonyl (C=O) groups excluding carboxylic acids is 2. The molecule has 0 saturated carbocycles. The number of imide groups is 1. The molecule has 9 nitrogen and oxygen atoms in total. The lowest BCUT2D eigenvalue weighted by atomic mass is 10.2. The third-order valence-corrected chi connectivity index (χ3v) is 5.65. The summed E-state index contributed by atoms with van der Waals surface area (Å²) in [4.78, 5) is 32.2. The van der Waals surface area contributed by atoms with Gasteiger partial charge in [-0.05, 0) is 56.3 Å². The molecule has 0 bridgehead atoms. The van der Waals surface area contributed by atoms with Crippen molar-refractivity contribution in [3.05, 3.63) is 76.6 Å². The minimum atomic E-state index is -3.92. The van der Waals surface area contributed by atoms with E-state index >= 15 is 0 Å². The van der Waals surface area contributed by atoms with Crippen LogP contribution in [0.1, 0.15) is 21.7 Å². The van der Waals surface area contributed by atoms with Gasteiger partial charge in [0.25, 0.3) is 15.9 Å². The molecule has 0 atom stereocenters. The summed E-state index contributed by atoms with van der Waals surface area (Å²) in [6, 6.07) is 12.6. The van der Waals surface area contributed by atoms with E-state index in [-0.39, 0.29) is 27.1 Å². The van der Waals surface area contributed by atoms with E-state index in [0.717, 1.165) is 0 Å². The van der Waals surface area contributed by atoms with E-state index in [0.29, 0.717) is 11.4 Å². The minimum Gasteiger partial charge on any atom is -0.308 e. The fourth-order valence-corrected chi connectivity index (χ4v) is 3.81. The highest BCUT2D eigenvalue weighted by molar-refractivity contribution is 7.92. The van der Waals surface area contributed by atoms with Gasteiger partial charge in [-0.15, -0.1) is 0 Å². The molecule has 3 aromatic rings. The fraction of sp³-hybridized carbons (Fsp3) is 0.100. The van der Waals surface area contributed by atoms with Gasteiger partial charge in [0.05, 0.1) is 15.5 Å². The summed E-state index contributed by atoms with van der Waals surface area (Å²) in [5.41, 5.74) is 1.69. The number of nitrogens with zero attached hydrogens (tertiary/aromatic N) is 2. The molecule has 0 aliphatic rings. The summed E-state index contributed by atoms with van der Waals surface area (Å²) in [6.45, 7) is 3.46. The van der Waals surface area contributed by atoms with Crippen LogP contribution < -0.4 is 15.4 Å². The number of anilines is 2. The number of hydrogen-bond acceptors (Lipinski definition) is 6. The monoisotopic (exact) mass is 459 g/mol. The molecule has 1 aromatic heterocycles. The molecule has 0 radical (unpaired) electrons. The lowest BCUT2D eigenvalue weighted by Crippen LogP contribution is -2.34. The molecule has 3 rings (SSSR count). The maximum Gasteiger partial charge on any atom is 0.326 e. The van der Waals surface area contributed by atoms with E-state index in [2.05, 4.69) is 25.3 Å². The Bertz CT molecular complexity index is 1230. The molecule has 0 spiro atoms. The molecule has 2 aromatic carbocycles. The van der Waals surface area contributed by atoms with E-state index in [9.17, 15) is 18.0 Å². The Kier molecular flexibility index (Phi) is 6.52. The molecule has 0 aliphatic heterocycles. The number of aryl methyl sites for hydroxylation is 2. The van der Waals surface area contributed by atoms with Gasteiger partial charge >= 0.3 is 6.03 Å². The highest BCUT2D eigenvalue weighted by atomic mass is 35.5. The minimum absolute atomic E-state index is 0.0304. The van der Waals surface area contributed by atoms with Crippen molar-refractivity contribution in [3.8, 4) is 0 Å². The molecule has 3 amide bonds. The number of aromatic nitrogens is 2. The molecule has 0 unspecified atom stereocenters. The second-order valence-electron chi connectivity index (χ2n) is 6.49. The zero-order chi connectivity index (χ0) is 22.6. The van der Waals surface area contributed by atoms with Gasteiger partial charge in [-0.2, -0.15) is 0 Å². The molecule has 1 heterocycles. The Hall–Kier alpha value is -3.50. The maximum absolute atomic E-state index is 12.5. The lowest BCUT2D eigenvalue weighted by Gasteiger charge is -2.10. The number of halogens is 1. The van der Waals surface area contributed by atoms with Crippen LogP contribution >= 0.6 is 11.6 Å². The van der Waals surface area contributed by atoms with Crippen molar-refractivity contribution in [2.45, 2.75) is 18.7 Å². The van der Waals surface area contributed by atoms with Crippen LogP contribution in [0.3, 0.4) is 0 Å². The predicted molar refractivity (Wildman–Crippen MR) is 117 cm³/mol. The third kappa shape index (κ3) is 5.77. The van der Waals surface area contributed by atoms with Crippen molar-refractivity contribution in [1.82, 2.24) is 15.3 Å². The Morgan fingerprint density at radius 2 is 1.55 bits per heavy atom. The van der Waals surface area contributed by atoms with Gasteiger partial charge in [0.2, 0.25) is 5.95 Å². The fourth-order valence-electron chi connectivity index (χ4n) is 2.65. The number of hydrogen-bond donors (Lipinski definition) is 3. The average molecular weight is 460 g/mol. The molecule has 0 fully saturated rings. The van der Waals surface area contributed by atoms with Gasteiger partial charge in [0.15, 0.2) is 0 Å². The normalized spacial score (nSPS) is 10.9. The Morgan fingerprint density at radius 3 is 2.16 bits per heavy atom. The number of amides is 3. The highest BCUT2D eigenvalue weighted by Crippen LogP contribution is 2.18. The summed E-state index contributed by atoms with van der Waals surface area (Å²) in [6.07, 6.45) is 0. The van der Waals surface area contributed by atoms with Crippen LogP contribution in [0.25, 0.3) is 0 Å². The van der Waals surface area contributed by atoms with E-state index in [1.807, 2.05) is 0 Å². The van der Waals surface area contributed by atoms with E-state index < -0.39 is 22.0 Å². The first-order valence-electron chi connectivity index (χ1n) is 8.96. The van der Waals surface area contributed by atoms with Crippen LogP contribution in [-0.2, 0) is 10.0 Å². The molecule has 31 heavy (non-hydrogen) atoms. The second kappa shape index (κ2) is 9.11. The van der Waals surface area contributed by atoms with Crippen LogP contribution in [0.5, 0.6) is 0 Å². The van der Waals surface area contributed by atoms with Crippen molar-refractivity contribution in [2.75, 3.05) is 10.0 Å². The van der Waals surface area contributed by atoms with Crippen LogP contribution in [0.4, 0.5) is 16.4 Å². The van der Waals surface area contributed by atoms with Crippen molar-refractivity contribution in [2.24, 2.45) is 0 Å². The van der Waals surface area contributed by atoms with Crippen molar-refractivity contribution >= 4 is 45.2 Å². The number of carbonyl (C=O) groups is 2.